The molecule has 1 aromatic heterocycles. The Morgan fingerprint density at radius 3 is 2.50 bits per heavy atom. The van der Waals surface area contributed by atoms with Crippen LogP contribution in [0.15, 0.2) is 34.2 Å². The Hall–Kier alpha value is -2.92. The highest BCUT2D eigenvalue weighted by molar-refractivity contribution is 7.89. The lowest BCUT2D eigenvalue weighted by Crippen LogP contribution is -2.53. The zero-order valence-corrected chi connectivity index (χ0v) is 21.4. The van der Waals surface area contributed by atoms with E-state index in [1.165, 1.54) is 31.4 Å². The molecule has 6 rings (SSSR count). The smallest absolute Gasteiger partial charge is 0.281 e. The molecular weight excluding hydrogens is 478 g/mol. The van der Waals surface area contributed by atoms with Gasteiger partial charge in [-0.2, -0.15) is 4.98 Å². The Labute approximate surface area is 211 Å². The van der Waals surface area contributed by atoms with E-state index in [1.807, 2.05) is 11.5 Å². The lowest BCUT2D eigenvalue weighted by atomic mass is 9.96. The lowest BCUT2D eigenvalue weighted by Gasteiger charge is -2.35. The largest absolute Gasteiger partial charge is 0.353 e. The van der Waals surface area contributed by atoms with Crippen molar-refractivity contribution in [3.63, 3.8) is 0 Å². The van der Waals surface area contributed by atoms with Crippen molar-refractivity contribution in [2.24, 2.45) is 10.1 Å². The topological polar surface area (TPSA) is 126 Å². The summed E-state index contributed by atoms with van der Waals surface area (Å²) in [7, 11) is -3.77. The van der Waals surface area contributed by atoms with Crippen molar-refractivity contribution in [1.82, 2.24) is 14.5 Å². The fraction of sp³-hybridized carbons (Fsp3) is 0.560. The number of primary sulfonamides is 1. The van der Waals surface area contributed by atoms with Crippen molar-refractivity contribution in [1.29, 1.82) is 0 Å². The van der Waals surface area contributed by atoms with E-state index < -0.39 is 10.0 Å². The molecule has 2 aliphatic carbocycles. The number of fused-ring (bicyclic) bond motifs is 5. The Morgan fingerprint density at radius 1 is 1.06 bits per heavy atom. The molecule has 36 heavy (non-hydrogen) atoms. The zero-order chi connectivity index (χ0) is 25.0. The van der Waals surface area contributed by atoms with E-state index in [-0.39, 0.29) is 22.9 Å². The number of hydrogen-bond acceptors (Lipinski definition) is 7. The van der Waals surface area contributed by atoms with Gasteiger partial charge in [-0.05, 0) is 56.7 Å². The third-order valence-electron chi connectivity index (χ3n) is 7.99. The van der Waals surface area contributed by atoms with Crippen LogP contribution < -0.4 is 15.4 Å². The quantitative estimate of drug-likeness (QED) is 0.614. The van der Waals surface area contributed by atoms with Crippen LogP contribution >= 0.6 is 0 Å². The number of guanidine groups is 1. The van der Waals surface area contributed by atoms with Crippen molar-refractivity contribution in [2.75, 3.05) is 16.8 Å². The number of aliphatic imine (C=N–C) groups is 1. The third kappa shape index (κ3) is 3.88. The molecule has 3 N–H and O–H groups in total. The minimum Gasteiger partial charge on any atom is -0.353 e. The molecule has 4 aliphatic rings. The number of amides is 1. The summed E-state index contributed by atoms with van der Waals surface area (Å²) in [6, 6.07) is 7.27. The molecule has 10 nitrogen and oxygen atoms in total. The summed E-state index contributed by atoms with van der Waals surface area (Å²) >= 11 is 0. The number of hydrogen-bond donors (Lipinski definition) is 2. The maximum absolute atomic E-state index is 13.8. The molecular formula is C25H33N7O3S. The summed E-state index contributed by atoms with van der Waals surface area (Å²) in [5.41, 5.74) is 1.43. The fourth-order valence-corrected chi connectivity index (χ4v) is 6.68. The molecule has 0 bridgehead atoms. The summed E-state index contributed by atoms with van der Waals surface area (Å²) in [6.07, 6.45) is 8.98. The van der Waals surface area contributed by atoms with E-state index in [9.17, 15) is 13.2 Å². The van der Waals surface area contributed by atoms with Crippen LogP contribution in [0.1, 0.15) is 74.3 Å². The van der Waals surface area contributed by atoms with Gasteiger partial charge in [0.25, 0.3) is 5.91 Å². The second-order valence-electron chi connectivity index (χ2n) is 10.3. The van der Waals surface area contributed by atoms with Gasteiger partial charge in [-0.3, -0.25) is 19.2 Å². The van der Waals surface area contributed by atoms with E-state index in [0.29, 0.717) is 36.6 Å². The van der Waals surface area contributed by atoms with Crippen molar-refractivity contribution in [2.45, 2.75) is 87.9 Å². The van der Waals surface area contributed by atoms with Gasteiger partial charge in [-0.25, -0.2) is 18.5 Å². The van der Waals surface area contributed by atoms with Gasteiger partial charge in [0.15, 0.2) is 11.5 Å². The maximum atomic E-state index is 13.8. The average molecular weight is 512 g/mol. The van der Waals surface area contributed by atoms with Crippen molar-refractivity contribution < 1.29 is 13.2 Å². The number of rotatable bonds is 6. The van der Waals surface area contributed by atoms with Gasteiger partial charge >= 0.3 is 0 Å². The van der Waals surface area contributed by atoms with E-state index in [0.717, 1.165) is 43.6 Å². The predicted octanol–water partition coefficient (Wildman–Crippen LogP) is 2.90. The summed E-state index contributed by atoms with van der Waals surface area (Å²) in [5.74, 6) is 2.02. The van der Waals surface area contributed by atoms with Crippen LogP contribution in [0.5, 0.6) is 0 Å². The first-order valence-corrected chi connectivity index (χ1v) is 14.6. The number of anilines is 2. The fourth-order valence-electron chi connectivity index (χ4n) is 6.17. The molecule has 1 amide bonds. The second-order valence-corrected chi connectivity index (χ2v) is 11.8. The van der Waals surface area contributed by atoms with Crippen LogP contribution in [0.4, 0.5) is 11.8 Å². The number of nitrogens with one attached hydrogen (secondary N) is 1. The number of carbonyl (C=O) groups excluding carboxylic acids is 1. The highest BCUT2D eigenvalue weighted by atomic mass is 32.2. The van der Waals surface area contributed by atoms with Gasteiger partial charge in [0.1, 0.15) is 0 Å². The number of carbonyl (C=O) groups is 1. The lowest BCUT2D eigenvalue weighted by molar-refractivity contribution is 0.0836. The average Bonchev–Trinajstić information content (AvgIpc) is 3.54. The van der Waals surface area contributed by atoms with Crippen LogP contribution in [0.2, 0.25) is 0 Å². The summed E-state index contributed by atoms with van der Waals surface area (Å²) in [5, 5.41) is 8.94. The van der Waals surface area contributed by atoms with Gasteiger partial charge in [-0.15, -0.1) is 0 Å². The molecule has 192 valence electrons. The first kappa shape index (κ1) is 23.5. The summed E-state index contributed by atoms with van der Waals surface area (Å²) in [6.45, 7) is 2.90. The molecule has 2 aromatic rings. The van der Waals surface area contributed by atoms with Gasteiger partial charge in [0.2, 0.25) is 21.9 Å². The van der Waals surface area contributed by atoms with Gasteiger partial charge in [0, 0.05) is 12.6 Å². The molecule has 0 radical (unpaired) electrons. The molecule has 0 saturated heterocycles. The number of sulfonamides is 1. The molecule has 2 atom stereocenters. The Morgan fingerprint density at radius 2 is 1.81 bits per heavy atom. The first-order valence-electron chi connectivity index (χ1n) is 13.0. The van der Waals surface area contributed by atoms with E-state index in [1.54, 1.807) is 17.0 Å². The number of benzene rings is 1. The second kappa shape index (κ2) is 8.88. The minimum atomic E-state index is -3.77. The Kier molecular flexibility index (Phi) is 5.79. The van der Waals surface area contributed by atoms with Gasteiger partial charge in [0.05, 0.1) is 23.5 Å². The van der Waals surface area contributed by atoms with E-state index in [4.69, 9.17) is 15.1 Å². The van der Waals surface area contributed by atoms with Gasteiger partial charge in [-0.1, -0.05) is 31.4 Å². The van der Waals surface area contributed by atoms with Crippen molar-refractivity contribution in [3.05, 3.63) is 35.5 Å². The van der Waals surface area contributed by atoms with Crippen molar-refractivity contribution >= 4 is 33.7 Å². The molecule has 11 heteroatoms. The number of aromatic nitrogens is 2. The molecule has 0 unspecified atom stereocenters. The molecule has 2 saturated carbocycles. The maximum Gasteiger partial charge on any atom is 0.281 e. The predicted molar refractivity (Wildman–Crippen MR) is 138 cm³/mol. The molecule has 0 spiro atoms. The molecule has 3 heterocycles. The van der Waals surface area contributed by atoms with Crippen LogP contribution in [0.3, 0.4) is 0 Å². The number of nitrogens with zero attached hydrogens (tertiary/aromatic N) is 5. The first-order chi connectivity index (χ1) is 17.3. The van der Waals surface area contributed by atoms with Crippen molar-refractivity contribution in [3.8, 4) is 0 Å². The number of nitrogens with two attached hydrogens (primary N) is 1. The molecule has 2 fully saturated rings. The standard InChI is InChI=1S/C25H33N7O3S/c1-2-30-23(33)21-22(32-20-10-6-9-19(20)28-25(30)32)29-24(27-17-7-4-3-5-8-17)31(21)15-16-11-13-18(14-12-16)36(26,34)35/h11-14,17,19-20H,2-10,15H2,1H3,(H,27,29)(H2,26,34,35)/t19-,20+/m1/s1. The SMILES string of the molecule is CCN1C(=O)c2c(nc(NC3CCCCC3)n2Cc2ccc(S(N)(=O)=O)cc2)N2C1=N[C@@H]1CCC[C@@H]12. The van der Waals surface area contributed by atoms with Crippen LogP contribution in [0, 0.1) is 0 Å². The highest BCUT2D eigenvalue weighted by Crippen LogP contribution is 2.42. The van der Waals surface area contributed by atoms with Crippen LogP contribution in [-0.4, -0.2) is 59.4 Å². The van der Waals surface area contributed by atoms with Crippen LogP contribution in [-0.2, 0) is 16.6 Å². The van der Waals surface area contributed by atoms with E-state index >= 15 is 0 Å². The van der Waals surface area contributed by atoms with Crippen LogP contribution in [0.25, 0.3) is 0 Å². The Bertz CT molecular complexity index is 1310. The summed E-state index contributed by atoms with van der Waals surface area (Å²) < 4.78 is 25.4. The zero-order valence-electron chi connectivity index (χ0n) is 20.6. The summed E-state index contributed by atoms with van der Waals surface area (Å²) in [4.78, 5) is 27.9. The molecule has 2 aliphatic heterocycles. The Balaban J connectivity index is 1.44. The minimum absolute atomic E-state index is 0.0675. The number of imidazole rings is 1. The normalized spacial score (nSPS) is 23.9. The highest BCUT2D eigenvalue weighted by Gasteiger charge is 2.49. The molecule has 1 aromatic carbocycles. The third-order valence-corrected chi connectivity index (χ3v) is 8.92. The van der Waals surface area contributed by atoms with Gasteiger partial charge < -0.3 is 5.32 Å². The van der Waals surface area contributed by atoms with E-state index in [2.05, 4.69) is 10.2 Å². The monoisotopic (exact) mass is 511 g/mol.